The Morgan fingerprint density at radius 3 is 1.89 bits per heavy atom. The largest absolute Gasteiger partial charge is 0.493 e. The third-order valence-electron chi connectivity index (χ3n) is 8.31. The highest BCUT2D eigenvalue weighted by atomic mass is 32.2. The number of anilines is 2. The highest BCUT2D eigenvalue weighted by Crippen LogP contribution is 2.34. The van der Waals surface area contributed by atoms with Crippen LogP contribution in [0.15, 0.2) is 42.5 Å². The van der Waals surface area contributed by atoms with E-state index in [2.05, 4.69) is 46.2 Å². The lowest BCUT2D eigenvalue weighted by atomic mass is 9.80. The third kappa shape index (κ3) is 7.13. The zero-order valence-corrected chi connectivity index (χ0v) is 23.8. The van der Waals surface area contributed by atoms with Crippen molar-refractivity contribution in [3.63, 3.8) is 0 Å². The van der Waals surface area contributed by atoms with Crippen LogP contribution in [0.5, 0.6) is 11.5 Å². The minimum atomic E-state index is -2.92. The Morgan fingerprint density at radius 1 is 0.784 bits per heavy atom. The van der Waals surface area contributed by atoms with Crippen molar-refractivity contribution < 1.29 is 17.9 Å². The molecule has 4 rings (SSSR count). The molecule has 1 aliphatic heterocycles. The van der Waals surface area contributed by atoms with Gasteiger partial charge in [-0.1, -0.05) is 25.0 Å². The van der Waals surface area contributed by atoms with E-state index in [1.54, 1.807) is 28.1 Å². The van der Waals surface area contributed by atoms with Crippen molar-refractivity contribution in [1.82, 2.24) is 0 Å². The van der Waals surface area contributed by atoms with Crippen molar-refractivity contribution >= 4 is 21.2 Å². The van der Waals surface area contributed by atoms with Crippen molar-refractivity contribution in [2.45, 2.75) is 57.6 Å². The zero-order valence-electron chi connectivity index (χ0n) is 23.0. The summed E-state index contributed by atoms with van der Waals surface area (Å²) < 4.78 is 35.3. The maximum atomic E-state index is 12.2. The monoisotopic (exact) mass is 528 g/mol. The predicted octanol–water partition coefficient (Wildman–Crippen LogP) is 5.59. The van der Waals surface area contributed by atoms with Gasteiger partial charge in [-0.25, -0.2) is 8.42 Å². The topological polar surface area (TPSA) is 59.1 Å². The first kappa shape index (κ1) is 27.6. The molecule has 0 unspecified atom stereocenters. The van der Waals surface area contributed by atoms with Gasteiger partial charge < -0.3 is 19.3 Å². The number of ether oxygens (including phenoxy) is 2. The first-order valence-corrected chi connectivity index (χ1v) is 15.5. The number of piperazine rings is 1. The van der Waals surface area contributed by atoms with Gasteiger partial charge in [0.1, 0.15) is 0 Å². The Kier molecular flexibility index (Phi) is 9.27. The van der Waals surface area contributed by atoms with E-state index in [1.807, 2.05) is 6.07 Å². The van der Waals surface area contributed by atoms with Crippen LogP contribution < -0.4 is 19.3 Å². The molecule has 37 heavy (non-hydrogen) atoms. The van der Waals surface area contributed by atoms with Crippen LogP contribution in [-0.2, 0) is 16.3 Å². The molecule has 1 heterocycles. The Labute approximate surface area is 223 Å². The summed E-state index contributed by atoms with van der Waals surface area (Å²) in [4.78, 5) is 4.87. The third-order valence-corrected chi connectivity index (χ3v) is 10.7. The fourth-order valence-electron chi connectivity index (χ4n) is 5.70. The van der Waals surface area contributed by atoms with Gasteiger partial charge in [-0.3, -0.25) is 0 Å². The summed E-state index contributed by atoms with van der Waals surface area (Å²) in [6.07, 6.45) is 6.76. The molecule has 1 saturated heterocycles. The van der Waals surface area contributed by atoms with Crippen molar-refractivity contribution in [1.29, 1.82) is 0 Å². The summed E-state index contributed by atoms with van der Waals surface area (Å²) in [6, 6.07) is 15.3. The molecule has 0 spiro atoms. The maximum Gasteiger partial charge on any atom is 0.162 e. The number of nitrogens with zero attached hydrogens (tertiary/aromatic N) is 2. The summed E-state index contributed by atoms with van der Waals surface area (Å²) >= 11 is 0. The molecule has 0 N–H and O–H groups in total. The van der Waals surface area contributed by atoms with Crippen molar-refractivity contribution in [2.75, 3.05) is 56.0 Å². The lowest BCUT2D eigenvalue weighted by molar-refractivity contribution is 0.278. The Bertz CT molecular complexity index is 1100. The predicted molar refractivity (Wildman–Crippen MR) is 153 cm³/mol. The van der Waals surface area contributed by atoms with Gasteiger partial charge >= 0.3 is 0 Å². The second-order valence-corrected chi connectivity index (χ2v) is 13.6. The molecule has 2 aromatic rings. The fourth-order valence-corrected chi connectivity index (χ4v) is 7.07. The van der Waals surface area contributed by atoms with Crippen LogP contribution >= 0.6 is 0 Å². The van der Waals surface area contributed by atoms with E-state index in [0.29, 0.717) is 11.7 Å². The number of hydrogen-bond acceptors (Lipinski definition) is 6. The lowest BCUT2D eigenvalue weighted by Crippen LogP contribution is -2.46. The highest BCUT2D eigenvalue weighted by molar-refractivity contribution is 7.91. The molecule has 0 atom stereocenters. The molecular formula is C30H44N2O4S. The summed E-state index contributed by atoms with van der Waals surface area (Å²) in [5.74, 6) is 2.99. The average molecular weight is 529 g/mol. The van der Waals surface area contributed by atoms with Crippen LogP contribution in [0, 0.1) is 11.8 Å². The van der Waals surface area contributed by atoms with E-state index in [0.717, 1.165) is 62.9 Å². The van der Waals surface area contributed by atoms with Crippen LogP contribution in [0.3, 0.4) is 0 Å². The molecule has 204 valence electrons. The van der Waals surface area contributed by atoms with Crippen LogP contribution in [-0.4, -0.2) is 59.8 Å². The minimum absolute atomic E-state index is 0.255. The van der Waals surface area contributed by atoms with Crippen LogP contribution in [0.2, 0.25) is 0 Å². The van der Waals surface area contributed by atoms with Crippen molar-refractivity contribution in [3.8, 4) is 11.5 Å². The fraction of sp³-hybridized carbons (Fsp3) is 0.600. The van der Waals surface area contributed by atoms with Gasteiger partial charge in [0, 0.05) is 43.6 Å². The van der Waals surface area contributed by atoms with Gasteiger partial charge in [0.15, 0.2) is 21.3 Å². The Hall–Kier alpha value is -2.41. The molecule has 7 heteroatoms. The van der Waals surface area contributed by atoms with Gasteiger partial charge in [0.05, 0.1) is 25.2 Å². The van der Waals surface area contributed by atoms with Crippen molar-refractivity contribution in [3.05, 3.63) is 48.0 Å². The maximum absolute atomic E-state index is 12.2. The first-order chi connectivity index (χ1) is 17.8. The second-order valence-electron chi connectivity index (χ2n) is 11.0. The number of hydrogen-bond donors (Lipinski definition) is 0. The molecule has 2 aliphatic rings. The number of sulfone groups is 1. The average Bonchev–Trinajstić information content (AvgIpc) is 2.92. The first-order valence-electron chi connectivity index (χ1n) is 13.8. The van der Waals surface area contributed by atoms with E-state index in [9.17, 15) is 8.42 Å². The van der Waals surface area contributed by atoms with E-state index in [1.165, 1.54) is 36.2 Å². The van der Waals surface area contributed by atoms with E-state index in [4.69, 9.17) is 9.47 Å². The quantitative estimate of drug-likeness (QED) is 0.401. The second kappa shape index (κ2) is 12.4. The van der Waals surface area contributed by atoms with E-state index in [-0.39, 0.29) is 5.25 Å². The molecule has 1 saturated carbocycles. The Morgan fingerprint density at radius 2 is 1.32 bits per heavy atom. The molecule has 1 aliphatic carbocycles. The molecule has 0 amide bonds. The van der Waals surface area contributed by atoms with Gasteiger partial charge in [-0.05, 0) is 81.2 Å². The van der Waals surface area contributed by atoms with Gasteiger partial charge in [-0.15, -0.1) is 0 Å². The summed E-state index contributed by atoms with van der Waals surface area (Å²) in [6.45, 7) is 7.52. The molecule has 6 nitrogen and oxygen atoms in total. The number of aryl methyl sites for hydroxylation is 1. The summed E-state index contributed by atoms with van der Waals surface area (Å²) in [5.41, 5.74) is 3.86. The highest BCUT2D eigenvalue weighted by Gasteiger charge is 2.27. The zero-order chi connectivity index (χ0) is 26.4. The molecule has 2 aromatic carbocycles. The molecule has 2 fully saturated rings. The number of benzene rings is 2. The van der Waals surface area contributed by atoms with E-state index >= 15 is 0 Å². The normalized spacial score (nSPS) is 20.8. The smallest absolute Gasteiger partial charge is 0.162 e. The van der Waals surface area contributed by atoms with Gasteiger partial charge in [0.25, 0.3) is 0 Å². The van der Waals surface area contributed by atoms with Crippen LogP contribution in [0.4, 0.5) is 11.4 Å². The Balaban J connectivity index is 1.21. The summed E-state index contributed by atoms with van der Waals surface area (Å²) in [7, 11) is 0.419. The lowest BCUT2D eigenvalue weighted by Gasteiger charge is -2.37. The molecular weight excluding hydrogens is 484 g/mol. The number of methoxy groups -OCH3 is 2. The van der Waals surface area contributed by atoms with Gasteiger partial charge in [-0.2, -0.15) is 0 Å². The standard InChI is InChI=1S/C30H44N2O4S/c1-23(2)37(33,34)22-26-9-7-24(8-10-26)5-6-25-11-13-27(14-12-25)31-17-19-32(20-18-31)28-15-16-29(35-3)30(21-28)36-4/h11-16,21,23-24,26H,5-10,17-20,22H2,1-4H3. The van der Waals surface area contributed by atoms with E-state index < -0.39 is 9.84 Å². The summed E-state index contributed by atoms with van der Waals surface area (Å²) in [5, 5.41) is -0.255. The van der Waals surface area contributed by atoms with Crippen molar-refractivity contribution in [2.24, 2.45) is 11.8 Å². The molecule has 0 bridgehead atoms. The molecule has 0 aromatic heterocycles. The molecule has 0 radical (unpaired) electrons. The minimum Gasteiger partial charge on any atom is -0.493 e. The number of rotatable bonds is 10. The van der Waals surface area contributed by atoms with Gasteiger partial charge in [0.2, 0.25) is 0 Å². The van der Waals surface area contributed by atoms with Crippen LogP contribution in [0.1, 0.15) is 51.5 Å². The van der Waals surface area contributed by atoms with Crippen LogP contribution in [0.25, 0.3) is 0 Å². The SMILES string of the molecule is COc1ccc(N2CCN(c3ccc(CCC4CCC(CS(=O)(=O)C(C)C)CC4)cc3)CC2)cc1OC.